The number of hydrogen-bond acceptors (Lipinski definition) is 5. The molecule has 23 heavy (non-hydrogen) atoms. The molecule has 116 valence electrons. The van der Waals surface area contributed by atoms with Crippen LogP contribution in [0.3, 0.4) is 0 Å². The highest BCUT2D eigenvalue weighted by Gasteiger charge is 2.15. The van der Waals surface area contributed by atoms with Gasteiger partial charge in [0.05, 0.1) is 16.8 Å². The molecule has 0 saturated carbocycles. The van der Waals surface area contributed by atoms with Crippen molar-refractivity contribution in [3.05, 3.63) is 58.7 Å². The van der Waals surface area contributed by atoms with E-state index in [0.717, 1.165) is 0 Å². The van der Waals surface area contributed by atoms with Crippen molar-refractivity contribution in [2.45, 2.75) is 0 Å². The predicted molar refractivity (Wildman–Crippen MR) is 87.7 cm³/mol. The van der Waals surface area contributed by atoms with Gasteiger partial charge in [0.2, 0.25) is 0 Å². The van der Waals surface area contributed by atoms with Gasteiger partial charge >= 0.3 is 0 Å². The Hall–Kier alpha value is -3.00. The number of anilines is 2. The van der Waals surface area contributed by atoms with Crippen molar-refractivity contribution in [2.75, 3.05) is 10.6 Å². The Balaban J connectivity index is 1.73. The summed E-state index contributed by atoms with van der Waals surface area (Å²) in [5.74, 6) is -0.160. The van der Waals surface area contributed by atoms with Gasteiger partial charge in [-0.15, -0.1) is 11.3 Å². The SMILES string of the molecule is Cn1nc(C(=O)Nc2cccnc2)cc1NC(=O)c1cccs1. The molecule has 0 unspecified atom stereocenters. The van der Waals surface area contributed by atoms with Crippen LogP contribution in [-0.4, -0.2) is 26.6 Å². The van der Waals surface area contributed by atoms with Crippen LogP contribution in [0.5, 0.6) is 0 Å². The summed E-state index contributed by atoms with van der Waals surface area (Å²) in [4.78, 5) is 28.7. The number of aromatic nitrogens is 3. The molecule has 0 aliphatic heterocycles. The molecule has 7 nitrogen and oxygen atoms in total. The molecule has 0 aliphatic carbocycles. The molecule has 0 fully saturated rings. The zero-order valence-corrected chi connectivity index (χ0v) is 13.0. The number of carbonyl (C=O) groups is 2. The van der Waals surface area contributed by atoms with Gasteiger partial charge in [-0.05, 0) is 23.6 Å². The van der Waals surface area contributed by atoms with Gasteiger partial charge in [-0.1, -0.05) is 6.07 Å². The minimum Gasteiger partial charge on any atom is -0.319 e. The first-order valence-electron chi connectivity index (χ1n) is 6.74. The Labute approximate surface area is 136 Å². The van der Waals surface area contributed by atoms with Crippen molar-refractivity contribution >= 4 is 34.7 Å². The Bertz CT molecular complexity index is 827. The molecule has 0 spiro atoms. The molecule has 0 bridgehead atoms. The Kier molecular flexibility index (Phi) is 4.15. The number of carbonyl (C=O) groups excluding carboxylic acids is 2. The maximum Gasteiger partial charge on any atom is 0.276 e. The monoisotopic (exact) mass is 327 g/mol. The first kappa shape index (κ1) is 14.9. The van der Waals surface area contributed by atoms with E-state index in [9.17, 15) is 9.59 Å². The number of rotatable bonds is 4. The van der Waals surface area contributed by atoms with E-state index in [-0.39, 0.29) is 17.5 Å². The van der Waals surface area contributed by atoms with Gasteiger partial charge in [0.1, 0.15) is 5.82 Å². The topological polar surface area (TPSA) is 88.9 Å². The van der Waals surface area contributed by atoms with Gasteiger partial charge in [-0.3, -0.25) is 19.3 Å². The minimum atomic E-state index is -0.370. The second-order valence-electron chi connectivity index (χ2n) is 4.67. The van der Waals surface area contributed by atoms with Crippen molar-refractivity contribution in [3.63, 3.8) is 0 Å². The Morgan fingerprint density at radius 1 is 1.17 bits per heavy atom. The summed E-state index contributed by atoms with van der Waals surface area (Å²) in [5, 5.41) is 11.4. The van der Waals surface area contributed by atoms with Gasteiger partial charge in [-0.25, -0.2) is 0 Å². The van der Waals surface area contributed by atoms with E-state index < -0.39 is 0 Å². The normalized spacial score (nSPS) is 10.3. The molecule has 3 heterocycles. The van der Waals surface area contributed by atoms with Crippen LogP contribution in [0.25, 0.3) is 0 Å². The van der Waals surface area contributed by atoms with E-state index >= 15 is 0 Å². The lowest BCUT2D eigenvalue weighted by Crippen LogP contribution is -2.13. The predicted octanol–water partition coefficient (Wildman–Crippen LogP) is 2.38. The molecule has 0 radical (unpaired) electrons. The third-order valence-corrected chi connectivity index (χ3v) is 3.89. The first-order valence-corrected chi connectivity index (χ1v) is 7.62. The standard InChI is InChI=1S/C15H13N5O2S/c1-20-13(18-15(22)12-5-3-7-23-12)8-11(19-20)14(21)17-10-4-2-6-16-9-10/h2-9H,1H3,(H,17,21)(H,18,22). The number of nitrogens with zero attached hydrogens (tertiary/aromatic N) is 3. The van der Waals surface area contributed by atoms with Crippen LogP contribution in [0, 0.1) is 0 Å². The number of hydrogen-bond donors (Lipinski definition) is 2. The quantitative estimate of drug-likeness (QED) is 0.770. The molecule has 8 heteroatoms. The highest BCUT2D eigenvalue weighted by atomic mass is 32.1. The fourth-order valence-corrected chi connectivity index (χ4v) is 2.53. The second-order valence-corrected chi connectivity index (χ2v) is 5.61. The lowest BCUT2D eigenvalue weighted by Gasteiger charge is -2.02. The number of pyridine rings is 1. The lowest BCUT2D eigenvalue weighted by atomic mass is 10.3. The maximum absolute atomic E-state index is 12.2. The zero-order chi connectivity index (χ0) is 16.2. The van der Waals surface area contributed by atoms with Gasteiger partial charge in [0.15, 0.2) is 5.69 Å². The van der Waals surface area contributed by atoms with Gasteiger partial charge < -0.3 is 10.6 Å². The van der Waals surface area contributed by atoms with Gasteiger partial charge in [0, 0.05) is 19.3 Å². The van der Waals surface area contributed by atoms with E-state index in [1.54, 1.807) is 43.7 Å². The molecule has 0 atom stereocenters. The van der Waals surface area contributed by atoms with E-state index in [1.807, 2.05) is 5.38 Å². The third-order valence-electron chi connectivity index (χ3n) is 3.02. The Morgan fingerprint density at radius 2 is 2.04 bits per heavy atom. The summed E-state index contributed by atoms with van der Waals surface area (Å²) in [5.41, 5.74) is 0.783. The van der Waals surface area contributed by atoms with Crippen molar-refractivity contribution in [1.29, 1.82) is 0 Å². The summed E-state index contributed by atoms with van der Waals surface area (Å²) >= 11 is 1.34. The van der Waals surface area contributed by atoms with E-state index in [0.29, 0.717) is 16.4 Å². The molecule has 3 rings (SSSR count). The number of nitrogens with one attached hydrogen (secondary N) is 2. The van der Waals surface area contributed by atoms with E-state index in [2.05, 4.69) is 20.7 Å². The molecule has 0 saturated heterocycles. The third kappa shape index (κ3) is 3.43. The van der Waals surface area contributed by atoms with Crippen molar-refractivity contribution in [3.8, 4) is 0 Å². The average Bonchev–Trinajstić information content (AvgIpc) is 3.19. The van der Waals surface area contributed by atoms with Crippen molar-refractivity contribution in [2.24, 2.45) is 7.05 Å². The summed E-state index contributed by atoms with van der Waals surface area (Å²) in [6.45, 7) is 0. The molecular weight excluding hydrogens is 314 g/mol. The fourth-order valence-electron chi connectivity index (χ4n) is 1.91. The molecular formula is C15H13N5O2S. The van der Waals surface area contributed by atoms with Crippen LogP contribution >= 0.6 is 11.3 Å². The molecule has 0 aliphatic rings. The highest BCUT2D eigenvalue weighted by Crippen LogP contribution is 2.15. The summed E-state index contributed by atoms with van der Waals surface area (Å²) < 4.78 is 1.45. The van der Waals surface area contributed by atoms with Crippen LogP contribution in [0.4, 0.5) is 11.5 Å². The fraction of sp³-hybridized carbons (Fsp3) is 0.0667. The van der Waals surface area contributed by atoms with Crippen LogP contribution in [0.15, 0.2) is 48.1 Å². The van der Waals surface area contributed by atoms with Crippen LogP contribution in [0.1, 0.15) is 20.2 Å². The molecule has 2 amide bonds. The van der Waals surface area contributed by atoms with Crippen LogP contribution < -0.4 is 10.6 Å². The number of thiophene rings is 1. The molecule has 0 aromatic carbocycles. The smallest absolute Gasteiger partial charge is 0.276 e. The lowest BCUT2D eigenvalue weighted by molar-refractivity contribution is 0.101. The van der Waals surface area contributed by atoms with E-state index in [4.69, 9.17) is 0 Å². The van der Waals surface area contributed by atoms with E-state index in [1.165, 1.54) is 22.1 Å². The number of aryl methyl sites for hydroxylation is 1. The van der Waals surface area contributed by atoms with Crippen LogP contribution in [-0.2, 0) is 7.05 Å². The average molecular weight is 327 g/mol. The Morgan fingerprint density at radius 3 is 2.74 bits per heavy atom. The minimum absolute atomic E-state index is 0.206. The maximum atomic E-state index is 12.2. The second kappa shape index (κ2) is 6.41. The van der Waals surface area contributed by atoms with Crippen molar-refractivity contribution in [1.82, 2.24) is 14.8 Å². The first-order chi connectivity index (χ1) is 11.1. The largest absolute Gasteiger partial charge is 0.319 e. The molecule has 2 N–H and O–H groups in total. The van der Waals surface area contributed by atoms with Gasteiger partial charge in [-0.2, -0.15) is 5.10 Å². The highest BCUT2D eigenvalue weighted by molar-refractivity contribution is 7.12. The summed E-state index contributed by atoms with van der Waals surface area (Å²) in [6, 6.07) is 8.51. The number of amides is 2. The summed E-state index contributed by atoms with van der Waals surface area (Å²) in [6.07, 6.45) is 3.16. The van der Waals surface area contributed by atoms with Gasteiger partial charge in [0.25, 0.3) is 11.8 Å². The molecule has 3 aromatic heterocycles. The summed E-state index contributed by atoms with van der Waals surface area (Å²) in [7, 11) is 1.66. The molecule has 3 aromatic rings. The van der Waals surface area contributed by atoms with Crippen molar-refractivity contribution < 1.29 is 9.59 Å². The zero-order valence-electron chi connectivity index (χ0n) is 12.2. The van der Waals surface area contributed by atoms with Crippen LogP contribution in [0.2, 0.25) is 0 Å².